The molecule has 210 valence electrons. The highest BCUT2D eigenvalue weighted by atomic mass is 32.2. The summed E-state index contributed by atoms with van der Waals surface area (Å²) in [6.07, 6.45) is 1.64. The van der Waals surface area contributed by atoms with Crippen LogP contribution < -0.4 is 16.4 Å². The number of carbonyl (C=O) groups is 1. The molecule has 0 aliphatic rings. The third-order valence-corrected chi connectivity index (χ3v) is 8.80. The van der Waals surface area contributed by atoms with E-state index in [1.807, 2.05) is 44.2 Å². The highest BCUT2D eigenvalue weighted by Gasteiger charge is 2.20. The highest BCUT2D eigenvalue weighted by molar-refractivity contribution is 8.00. The van der Waals surface area contributed by atoms with E-state index < -0.39 is 5.91 Å². The molecule has 0 fully saturated rings. The minimum Gasteiger partial charge on any atom is -0.306 e. The van der Waals surface area contributed by atoms with Gasteiger partial charge in [0.1, 0.15) is 22.6 Å². The van der Waals surface area contributed by atoms with E-state index in [-0.39, 0.29) is 39.5 Å². The molecule has 0 aliphatic heterocycles. The number of amides is 1. The molecule has 0 saturated carbocycles. The van der Waals surface area contributed by atoms with Crippen molar-refractivity contribution in [2.45, 2.75) is 30.5 Å². The van der Waals surface area contributed by atoms with E-state index in [9.17, 15) is 14.0 Å². The molecule has 4 heterocycles. The van der Waals surface area contributed by atoms with Crippen molar-refractivity contribution in [1.29, 1.82) is 5.41 Å². The molecule has 0 unspecified atom stereocenters. The number of hydrogen-bond donors (Lipinski definition) is 2. The molecule has 12 heteroatoms. The Balaban J connectivity index is 1.38. The van der Waals surface area contributed by atoms with E-state index in [2.05, 4.69) is 15.5 Å². The predicted octanol–water partition coefficient (Wildman–Crippen LogP) is 5.33. The number of aromatic nitrogens is 5. The van der Waals surface area contributed by atoms with Crippen LogP contribution in [0.5, 0.6) is 0 Å². The van der Waals surface area contributed by atoms with Crippen LogP contribution >= 0.6 is 23.1 Å². The van der Waals surface area contributed by atoms with Gasteiger partial charge in [0.05, 0.1) is 17.5 Å². The van der Waals surface area contributed by atoms with Crippen molar-refractivity contribution in [3.63, 3.8) is 0 Å². The Kier molecular flexibility index (Phi) is 7.40. The lowest BCUT2D eigenvalue weighted by Crippen LogP contribution is -2.32. The standard InChI is InChI=1S/C30H24FN7O2S2/c1-17-9-11-19(12-10-17)15-38-24(32)21(14-22-26(38)33-25-18(2)6-5-13-37(25)28(22)40)27(39)34-29-35-36-30(42-29)41-16-20-7-3-4-8-23(20)31/h3-14,32H,15-16H2,1-2H3,(H,34,35,39). The van der Waals surface area contributed by atoms with Crippen LogP contribution in [0.3, 0.4) is 0 Å². The summed E-state index contributed by atoms with van der Waals surface area (Å²) in [5.74, 6) is -0.537. The molecular weight excluding hydrogens is 574 g/mol. The van der Waals surface area contributed by atoms with E-state index in [0.717, 1.165) is 28.0 Å². The molecule has 42 heavy (non-hydrogen) atoms. The summed E-state index contributed by atoms with van der Waals surface area (Å²) in [5, 5.41) is 20.3. The monoisotopic (exact) mass is 597 g/mol. The van der Waals surface area contributed by atoms with E-state index in [1.165, 1.54) is 28.3 Å². The molecule has 0 aliphatic carbocycles. The van der Waals surface area contributed by atoms with Crippen molar-refractivity contribution in [2.75, 3.05) is 5.32 Å². The smallest absolute Gasteiger partial charge is 0.267 e. The summed E-state index contributed by atoms with van der Waals surface area (Å²) in [4.78, 5) is 31.9. The van der Waals surface area contributed by atoms with Gasteiger partial charge in [-0.1, -0.05) is 77.2 Å². The molecule has 0 saturated heterocycles. The number of halogens is 1. The van der Waals surface area contributed by atoms with Gasteiger partial charge in [-0.2, -0.15) is 0 Å². The van der Waals surface area contributed by atoms with Crippen LogP contribution in [0.25, 0.3) is 16.7 Å². The first-order valence-corrected chi connectivity index (χ1v) is 14.8. The van der Waals surface area contributed by atoms with Crippen molar-refractivity contribution in [1.82, 2.24) is 24.1 Å². The summed E-state index contributed by atoms with van der Waals surface area (Å²) in [7, 11) is 0. The lowest BCUT2D eigenvalue weighted by Gasteiger charge is -2.15. The molecule has 2 N–H and O–H groups in total. The Hall–Kier alpha value is -4.68. The Labute approximate surface area is 247 Å². The number of aryl methyl sites for hydroxylation is 2. The lowest BCUT2D eigenvalue weighted by atomic mass is 10.1. The Morgan fingerprint density at radius 1 is 1.05 bits per heavy atom. The second-order valence-electron chi connectivity index (χ2n) is 9.72. The number of benzene rings is 2. The van der Waals surface area contributed by atoms with Gasteiger partial charge in [0.15, 0.2) is 4.34 Å². The van der Waals surface area contributed by atoms with E-state index in [0.29, 0.717) is 27.0 Å². The number of thioether (sulfide) groups is 1. The molecule has 0 atom stereocenters. The number of nitrogens with zero attached hydrogens (tertiary/aromatic N) is 5. The van der Waals surface area contributed by atoms with E-state index in [1.54, 1.807) is 35.0 Å². The van der Waals surface area contributed by atoms with Crippen molar-refractivity contribution in [3.05, 3.63) is 122 Å². The van der Waals surface area contributed by atoms with Crippen LogP contribution in [0.2, 0.25) is 0 Å². The number of pyridine rings is 2. The molecule has 0 spiro atoms. The number of hydrogen-bond acceptors (Lipinski definition) is 8. The van der Waals surface area contributed by atoms with Gasteiger partial charge in [0.2, 0.25) is 5.13 Å². The van der Waals surface area contributed by atoms with Crippen LogP contribution in [0.4, 0.5) is 9.52 Å². The van der Waals surface area contributed by atoms with Gasteiger partial charge in [-0.3, -0.25) is 24.7 Å². The first-order chi connectivity index (χ1) is 20.3. The second-order valence-corrected chi connectivity index (χ2v) is 11.9. The first kappa shape index (κ1) is 27.5. The minimum atomic E-state index is -0.602. The maximum absolute atomic E-state index is 14.0. The Morgan fingerprint density at radius 3 is 2.62 bits per heavy atom. The number of anilines is 1. The molecule has 1 amide bonds. The van der Waals surface area contributed by atoms with Crippen molar-refractivity contribution >= 4 is 50.8 Å². The van der Waals surface area contributed by atoms with Crippen LogP contribution in [0.1, 0.15) is 32.6 Å². The number of fused-ring (bicyclic) bond motifs is 2. The minimum absolute atomic E-state index is 0.00289. The zero-order chi connectivity index (χ0) is 29.4. The summed E-state index contributed by atoms with van der Waals surface area (Å²) in [5.41, 5.74) is 3.71. The first-order valence-electron chi connectivity index (χ1n) is 13.0. The molecule has 6 aromatic rings. The Bertz CT molecular complexity index is 2100. The van der Waals surface area contributed by atoms with Gasteiger partial charge < -0.3 is 4.57 Å². The van der Waals surface area contributed by atoms with Crippen molar-refractivity contribution < 1.29 is 9.18 Å². The lowest BCUT2D eigenvalue weighted by molar-refractivity contribution is 0.102. The Morgan fingerprint density at radius 2 is 1.83 bits per heavy atom. The highest BCUT2D eigenvalue weighted by Crippen LogP contribution is 2.29. The molecule has 0 bridgehead atoms. The van der Waals surface area contributed by atoms with Gasteiger partial charge in [0, 0.05) is 11.9 Å². The third-order valence-electron chi connectivity index (χ3n) is 6.78. The van der Waals surface area contributed by atoms with Crippen LogP contribution in [0, 0.1) is 25.1 Å². The quantitative estimate of drug-likeness (QED) is 0.146. The van der Waals surface area contributed by atoms with Gasteiger partial charge >= 0.3 is 0 Å². The van der Waals surface area contributed by atoms with Crippen LogP contribution in [0.15, 0.2) is 82.1 Å². The fraction of sp³-hybridized carbons (Fsp3) is 0.133. The normalized spacial score (nSPS) is 11.3. The summed E-state index contributed by atoms with van der Waals surface area (Å²) >= 11 is 2.45. The maximum Gasteiger partial charge on any atom is 0.267 e. The molecule has 9 nitrogen and oxygen atoms in total. The zero-order valence-corrected chi connectivity index (χ0v) is 24.2. The van der Waals surface area contributed by atoms with Crippen LogP contribution in [-0.4, -0.2) is 30.1 Å². The number of carbonyl (C=O) groups excluding carboxylic acids is 1. The van der Waals surface area contributed by atoms with E-state index >= 15 is 0 Å². The van der Waals surface area contributed by atoms with Gasteiger partial charge in [-0.15, -0.1) is 10.2 Å². The topological polar surface area (TPSA) is 118 Å². The molecule has 2 aromatic carbocycles. The van der Waals surface area contributed by atoms with E-state index in [4.69, 9.17) is 10.4 Å². The molecule has 0 radical (unpaired) electrons. The fourth-order valence-corrected chi connectivity index (χ4v) is 6.27. The van der Waals surface area contributed by atoms with Gasteiger partial charge in [-0.05, 0) is 48.7 Å². The third kappa shape index (κ3) is 5.33. The van der Waals surface area contributed by atoms with Gasteiger partial charge in [-0.25, -0.2) is 9.37 Å². The fourth-order valence-electron chi connectivity index (χ4n) is 4.54. The largest absolute Gasteiger partial charge is 0.306 e. The summed E-state index contributed by atoms with van der Waals surface area (Å²) < 4.78 is 17.6. The number of rotatable bonds is 7. The summed E-state index contributed by atoms with van der Waals surface area (Å²) in [6, 6.07) is 19.4. The van der Waals surface area contributed by atoms with Crippen molar-refractivity contribution in [2.24, 2.45) is 0 Å². The molecular formula is C30H24FN7O2S2. The average molecular weight is 598 g/mol. The van der Waals surface area contributed by atoms with Crippen LogP contribution in [-0.2, 0) is 12.3 Å². The average Bonchev–Trinajstić information content (AvgIpc) is 3.43. The molecule has 4 aromatic heterocycles. The predicted molar refractivity (Wildman–Crippen MR) is 162 cm³/mol. The van der Waals surface area contributed by atoms with Gasteiger partial charge in [0.25, 0.3) is 11.5 Å². The maximum atomic E-state index is 14.0. The SMILES string of the molecule is Cc1ccc(Cn2c(=N)c(C(=O)Nc3nnc(SCc4ccccc4F)s3)cc3c(=O)n4cccc(C)c4nc32)cc1. The summed E-state index contributed by atoms with van der Waals surface area (Å²) in [6.45, 7) is 4.09. The van der Waals surface area contributed by atoms with Crippen molar-refractivity contribution in [3.8, 4) is 0 Å². The number of nitrogens with one attached hydrogen (secondary N) is 2. The molecule has 6 rings (SSSR count). The second kappa shape index (κ2) is 11.3. The zero-order valence-electron chi connectivity index (χ0n) is 22.6.